The Hall–Kier alpha value is -1.60. The molecule has 1 fully saturated rings. The van der Waals surface area contributed by atoms with Gasteiger partial charge in [-0.05, 0) is 39.8 Å². The van der Waals surface area contributed by atoms with Gasteiger partial charge < -0.3 is 14.4 Å². The number of morpholine rings is 1. The van der Waals surface area contributed by atoms with Crippen molar-refractivity contribution in [2.24, 2.45) is 0 Å². The molecular weight excluding hydrogens is 330 g/mol. The van der Waals surface area contributed by atoms with Crippen LogP contribution in [0.1, 0.15) is 26.3 Å². The van der Waals surface area contributed by atoms with E-state index in [0.29, 0.717) is 13.2 Å². The van der Waals surface area contributed by atoms with E-state index in [4.69, 9.17) is 9.47 Å². The van der Waals surface area contributed by atoms with Gasteiger partial charge in [-0.3, -0.25) is 0 Å². The minimum Gasteiger partial charge on any atom is -0.444 e. The number of nitrogens with zero attached hydrogens (tertiary/aromatic N) is 1. The standard InChI is InChI=1S/C17H25NO5S/c1-13-5-7-15(8-6-13)24(20,21)12-14-11-18(9-10-22-14)16(19)23-17(2,3)4/h5-8,14H,9-12H2,1-4H3/t14-/m0/s1. The average Bonchev–Trinajstić information content (AvgIpc) is 2.45. The van der Waals surface area contributed by atoms with E-state index in [-0.39, 0.29) is 17.2 Å². The van der Waals surface area contributed by atoms with Crippen molar-refractivity contribution in [2.75, 3.05) is 25.4 Å². The van der Waals surface area contributed by atoms with Crippen LogP contribution >= 0.6 is 0 Å². The second-order valence-corrected chi connectivity index (χ2v) is 9.05. The molecule has 1 saturated heterocycles. The van der Waals surface area contributed by atoms with Gasteiger partial charge in [-0.15, -0.1) is 0 Å². The summed E-state index contributed by atoms with van der Waals surface area (Å²) in [7, 11) is -3.46. The monoisotopic (exact) mass is 355 g/mol. The maximum Gasteiger partial charge on any atom is 0.410 e. The lowest BCUT2D eigenvalue weighted by molar-refractivity contribution is -0.0342. The van der Waals surface area contributed by atoms with Crippen LogP contribution in [0.4, 0.5) is 4.79 Å². The fourth-order valence-electron chi connectivity index (χ4n) is 2.40. The van der Waals surface area contributed by atoms with Gasteiger partial charge in [-0.2, -0.15) is 0 Å². The van der Waals surface area contributed by atoms with Gasteiger partial charge in [0.1, 0.15) is 5.60 Å². The molecule has 7 heteroatoms. The molecule has 1 aromatic rings. The van der Waals surface area contributed by atoms with Crippen LogP contribution in [0.15, 0.2) is 29.2 Å². The van der Waals surface area contributed by atoms with Gasteiger partial charge in [0.15, 0.2) is 9.84 Å². The molecule has 1 amide bonds. The van der Waals surface area contributed by atoms with Crippen molar-refractivity contribution in [1.82, 2.24) is 4.90 Å². The molecule has 0 N–H and O–H groups in total. The summed E-state index contributed by atoms with van der Waals surface area (Å²) in [6.45, 7) is 8.20. The van der Waals surface area contributed by atoms with Crippen molar-refractivity contribution in [2.45, 2.75) is 44.3 Å². The fraction of sp³-hybridized carbons (Fsp3) is 0.588. The Kier molecular flexibility index (Phi) is 5.55. The second kappa shape index (κ2) is 7.11. The van der Waals surface area contributed by atoms with Crippen LogP contribution in [-0.2, 0) is 19.3 Å². The molecule has 6 nitrogen and oxygen atoms in total. The fourth-order valence-corrected chi connectivity index (χ4v) is 3.83. The lowest BCUT2D eigenvalue weighted by Gasteiger charge is -2.34. The van der Waals surface area contributed by atoms with E-state index >= 15 is 0 Å². The Morgan fingerprint density at radius 1 is 1.29 bits per heavy atom. The Morgan fingerprint density at radius 2 is 1.92 bits per heavy atom. The highest BCUT2D eigenvalue weighted by Crippen LogP contribution is 2.18. The van der Waals surface area contributed by atoms with Crippen LogP contribution in [0, 0.1) is 6.92 Å². The van der Waals surface area contributed by atoms with E-state index in [9.17, 15) is 13.2 Å². The zero-order valence-electron chi connectivity index (χ0n) is 14.6. The zero-order chi connectivity index (χ0) is 18.0. The third-order valence-electron chi connectivity index (χ3n) is 3.58. The highest BCUT2D eigenvalue weighted by molar-refractivity contribution is 7.91. The summed E-state index contributed by atoms with van der Waals surface area (Å²) < 4.78 is 35.9. The molecule has 1 aliphatic rings. The number of aryl methyl sites for hydroxylation is 1. The van der Waals surface area contributed by atoms with Crippen LogP contribution in [0.3, 0.4) is 0 Å². The van der Waals surface area contributed by atoms with E-state index in [0.717, 1.165) is 5.56 Å². The molecule has 0 radical (unpaired) electrons. The van der Waals surface area contributed by atoms with Crippen LogP contribution in [0.5, 0.6) is 0 Å². The van der Waals surface area contributed by atoms with Gasteiger partial charge in [0.05, 0.1) is 29.9 Å². The number of carbonyl (C=O) groups is 1. The summed E-state index contributed by atoms with van der Waals surface area (Å²) in [4.78, 5) is 13.9. The van der Waals surface area contributed by atoms with Gasteiger partial charge in [0.2, 0.25) is 0 Å². The van der Waals surface area contributed by atoms with Crippen molar-refractivity contribution in [1.29, 1.82) is 0 Å². The lowest BCUT2D eigenvalue weighted by Crippen LogP contribution is -2.49. The summed E-state index contributed by atoms with van der Waals surface area (Å²) in [5.74, 6) is -0.157. The molecule has 134 valence electrons. The lowest BCUT2D eigenvalue weighted by atomic mass is 10.2. The summed E-state index contributed by atoms with van der Waals surface area (Å²) in [6.07, 6.45) is -0.999. The number of amides is 1. The van der Waals surface area contributed by atoms with E-state index in [1.54, 1.807) is 45.0 Å². The van der Waals surface area contributed by atoms with Crippen molar-refractivity contribution >= 4 is 15.9 Å². The molecule has 2 rings (SSSR count). The number of ether oxygens (including phenoxy) is 2. The van der Waals surface area contributed by atoms with Crippen molar-refractivity contribution in [3.8, 4) is 0 Å². The minimum absolute atomic E-state index is 0.157. The topological polar surface area (TPSA) is 72.9 Å². The van der Waals surface area contributed by atoms with Gasteiger partial charge in [0.25, 0.3) is 0 Å². The first-order chi connectivity index (χ1) is 11.1. The molecule has 1 atom stereocenters. The van der Waals surface area contributed by atoms with Crippen LogP contribution in [-0.4, -0.2) is 56.6 Å². The molecule has 0 bridgehead atoms. The van der Waals surface area contributed by atoms with Crippen molar-refractivity contribution in [3.05, 3.63) is 29.8 Å². The molecule has 0 spiro atoms. The number of benzene rings is 1. The molecule has 24 heavy (non-hydrogen) atoms. The summed E-state index contributed by atoms with van der Waals surface area (Å²) in [6, 6.07) is 6.72. The number of carbonyl (C=O) groups excluding carboxylic acids is 1. The molecule has 0 saturated carbocycles. The first-order valence-electron chi connectivity index (χ1n) is 7.96. The number of sulfone groups is 1. The summed E-state index contributed by atoms with van der Waals surface area (Å²) in [5, 5.41) is 0. The first kappa shape index (κ1) is 18.7. The molecular formula is C17H25NO5S. The highest BCUT2D eigenvalue weighted by Gasteiger charge is 2.31. The summed E-state index contributed by atoms with van der Waals surface area (Å²) >= 11 is 0. The van der Waals surface area contributed by atoms with E-state index in [2.05, 4.69) is 0 Å². The SMILES string of the molecule is Cc1ccc(S(=O)(=O)C[C@@H]2CN(C(=O)OC(C)(C)C)CCO2)cc1. The third-order valence-corrected chi connectivity index (χ3v) is 5.38. The quantitative estimate of drug-likeness (QED) is 0.832. The molecule has 1 heterocycles. The van der Waals surface area contributed by atoms with Gasteiger partial charge in [-0.25, -0.2) is 13.2 Å². The smallest absolute Gasteiger partial charge is 0.410 e. The Bertz CT molecular complexity index is 676. The van der Waals surface area contributed by atoms with Gasteiger partial charge in [0, 0.05) is 6.54 Å². The van der Waals surface area contributed by atoms with Crippen molar-refractivity contribution in [3.63, 3.8) is 0 Å². The van der Waals surface area contributed by atoms with Crippen molar-refractivity contribution < 1.29 is 22.7 Å². The summed E-state index contributed by atoms with van der Waals surface area (Å²) in [5.41, 5.74) is 0.415. The molecule has 1 aliphatic heterocycles. The number of rotatable bonds is 3. The van der Waals surface area contributed by atoms with Crippen LogP contribution in [0.25, 0.3) is 0 Å². The molecule has 0 aromatic heterocycles. The number of hydrogen-bond donors (Lipinski definition) is 0. The normalized spacial score (nSPS) is 19.2. The minimum atomic E-state index is -3.46. The zero-order valence-corrected chi connectivity index (χ0v) is 15.4. The average molecular weight is 355 g/mol. The van der Waals surface area contributed by atoms with E-state index < -0.39 is 27.6 Å². The van der Waals surface area contributed by atoms with E-state index in [1.165, 1.54) is 4.90 Å². The molecule has 1 aromatic carbocycles. The second-order valence-electron chi connectivity index (χ2n) is 7.01. The first-order valence-corrected chi connectivity index (χ1v) is 9.61. The molecule has 0 unspecified atom stereocenters. The molecule has 0 aliphatic carbocycles. The van der Waals surface area contributed by atoms with Crippen LogP contribution < -0.4 is 0 Å². The Balaban J connectivity index is 2.02. The van der Waals surface area contributed by atoms with Gasteiger partial charge >= 0.3 is 6.09 Å². The third kappa shape index (κ3) is 5.21. The largest absolute Gasteiger partial charge is 0.444 e. The Labute approximate surface area is 143 Å². The van der Waals surface area contributed by atoms with Crippen LogP contribution in [0.2, 0.25) is 0 Å². The Morgan fingerprint density at radius 3 is 2.50 bits per heavy atom. The van der Waals surface area contributed by atoms with E-state index in [1.807, 2.05) is 6.92 Å². The predicted octanol–water partition coefficient (Wildman–Crippen LogP) is 2.40. The van der Waals surface area contributed by atoms with Gasteiger partial charge in [-0.1, -0.05) is 17.7 Å². The maximum atomic E-state index is 12.5. The number of hydrogen-bond acceptors (Lipinski definition) is 5. The highest BCUT2D eigenvalue weighted by atomic mass is 32.2. The maximum absolute atomic E-state index is 12.5. The predicted molar refractivity (Wildman–Crippen MR) is 90.8 cm³/mol.